The summed E-state index contributed by atoms with van der Waals surface area (Å²) >= 11 is 0. The van der Waals surface area contributed by atoms with Crippen LogP contribution in [0.15, 0.2) is 30.7 Å². The molecule has 23 heavy (non-hydrogen) atoms. The Hall–Kier alpha value is -3.35. The van der Waals surface area contributed by atoms with Gasteiger partial charge in [-0.2, -0.15) is 23.4 Å². The van der Waals surface area contributed by atoms with Gasteiger partial charge in [-0.05, 0) is 12.1 Å². The molecule has 7 nitrogen and oxygen atoms in total. The maximum Gasteiger partial charge on any atom is 0.471 e. The maximum absolute atomic E-state index is 12.4. The van der Waals surface area contributed by atoms with E-state index in [2.05, 4.69) is 20.1 Å². The Morgan fingerprint density at radius 1 is 1.35 bits per heavy atom. The molecular formula is C13H7F3N6O. The van der Waals surface area contributed by atoms with Crippen LogP contribution in [0.5, 0.6) is 0 Å². The fourth-order valence-corrected chi connectivity index (χ4v) is 2.10. The van der Waals surface area contributed by atoms with Crippen LogP contribution in [0.4, 0.5) is 24.7 Å². The van der Waals surface area contributed by atoms with E-state index in [-0.39, 0.29) is 11.5 Å². The lowest BCUT2D eigenvalue weighted by atomic mass is 10.1. The van der Waals surface area contributed by atoms with Crippen LogP contribution >= 0.6 is 0 Å². The van der Waals surface area contributed by atoms with Crippen molar-refractivity contribution in [3.8, 4) is 11.1 Å². The SMILES string of the molecule is [C-]#[N+]c1cnn2c(NC(=O)C(F)(F)F)ccc2c1-c1cn[nH]c1. The molecule has 0 aromatic carbocycles. The highest BCUT2D eigenvalue weighted by Gasteiger charge is 2.39. The monoisotopic (exact) mass is 320 g/mol. The summed E-state index contributed by atoms with van der Waals surface area (Å²) in [6, 6.07) is 2.75. The van der Waals surface area contributed by atoms with Gasteiger partial charge in [0.1, 0.15) is 5.82 Å². The van der Waals surface area contributed by atoms with Crippen molar-refractivity contribution in [1.29, 1.82) is 0 Å². The van der Waals surface area contributed by atoms with Crippen LogP contribution in [-0.4, -0.2) is 31.9 Å². The van der Waals surface area contributed by atoms with E-state index < -0.39 is 12.1 Å². The van der Waals surface area contributed by atoms with Crippen LogP contribution in [0, 0.1) is 6.57 Å². The van der Waals surface area contributed by atoms with Crippen LogP contribution in [0.25, 0.3) is 21.5 Å². The van der Waals surface area contributed by atoms with Crippen LogP contribution in [0.2, 0.25) is 0 Å². The van der Waals surface area contributed by atoms with E-state index in [1.807, 2.05) is 0 Å². The van der Waals surface area contributed by atoms with E-state index in [1.165, 1.54) is 24.5 Å². The molecule has 116 valence electrons. The first kappa shape index (κ1) is 14.6. The number of alkyl halides is 3. The topological polar surface area (TPSA) is 79.4 Å². The number of aromatic nitrogens is 4. The summed E-state index contributed by atoms with van der Waals surface area (Å²) in [5.74, 6) is -2.25. The maximum atomic E-state index is 12.4. The molecule has 0 aliphatic rings. The summed E-state index contributed by atoms with van der Waals surface area (Å²) in [4.78, 5) is 14.4. The molecule has 0 aliphatic heterocycles. The second-order valence-corrected chi connectivity index (χ2v) is 4.47. The summed E-state index contributed by atoms with van der Waals surface area (Å²) in [6.45, 7) is 7.19. The highest BCUT2D eigenvalue weighted by Crippen LogP contribution is 2.34. The summed E-state index contributed by atoms with van der Waals surface area (Å²) < 4.78 is 38.2. The quantitative estimate of drug-likeness (QED) is 0.713. The number of carbonyl (C=O) groups is 1. The Kier molecular flexibility index (Phi) is 3.25. The van der Waals surface area contributed by atoms with E-state index in [9.17, 15) is 18.0 Å². The molecule has 0 aliphatic carbocycles. The van der Waals surface area contributed by atoms with Gasteiger partial charge in [-0.3, -0.25) is 9.89 Å². The highest BCUT2D eigenvalue weighted by atomic mass is 19.4. The molecule has 3 aromatic rings. The molecule has 1 amide bonds. The Morgan fingerprint density at radius 3 is 2.74 bits per heavy atom. The zero-order valence-electron chi connectivity index (χ0n) is 11.2. The number of H-pyrrole nitrogens is 1. The van der Waals surface area contributed by atoms with Crippen molar-refractivity contribution in [2.24, 2.45) is 0 Å². The molecule has 0 spiro atoms. The van der Waals surface area contributed by atoms with Crippen molar-refractivity contribution in [1.82, 2.24) is 19.8 Å². The van der Waals surface area contributed by atoms with Gasteiger partial charge >= 0.3 is 12.1 Å². The first-order valence-corrected chi connectivity index (χ1v) is 6.17. The van der Waals surface area contributed by atoms with E-state index in [0.717, 1.165) is 4.52 Å². The standard InChI is InChI=1S/C13H7F3N6O/c1-17-8-6-20-22-9(11(8)7-4-18-19-5-7)2-3-10(22)21-12(23)13(14,15)16/h2-6H,(H,18,19)(H,21,23). The van der Waals surface area contributed by atoms with Crippen molar-refractivity contribution < 1.29 is 18.0 Å². The van der Waals surface area contributed by atoms with Gasteiger partial charge in [0.15, 0.2) is 0 Å². The van der Waals surface area contributed by atoms with Crippen LogP contribution < -0.4 is 5.32 Å². The first-order chi connectivity index (χ1) is 10.9. The molecule has 10 heteroatoms. The normalized spacial score (nSPS) is 11.4. The fourth-order valence-electron chi connectivity index (χ4n) is 2.10. The second kappa shape index (κ2) is 5.13. The van der Waals surface area contributed by atoms with Crippen molar-refractivity contribution in [3.05, 3.63) is 42.1 Å². The van der Waals surface area contributed by atoms with Crippen molar-refractivity contribution in [2.75, 3.05) is 5.32 Å². The molecule has 0 fully saturated rings. The fraction of sp³-hybridized carbons (Fsp3) is 0.0769. The number of hydrogen-bond acceptors (Lipinski definition) is 3. The lowest BCUT2D eigenvalue weighted by Crippen LogP contribution is -2.30. The number of carbonyl (C=O) groups excluding carboxylic acids is 1. The van der Waals surface area contributed by atoms with E-state index in [1.54, 1.807) is 11.5 Å². The zero-order valence-corrected chi connectivity index (χ0v) is 11.2. The molecular weight excluding hydrogens is 313 g/mol. The summed E-state index contributed by atoms with van der Waals surface area (Å²) in [7, 11) is 0. The minimum atomic E-state index is -5.01. The van der Waals surface area contributed by atoms with Crippen LogP contribution in [0.1, 0.15) is 0 Å². The van der Waals surface area contributed by atoms with Crippen molar-refractivity contribution in [2.45, 2.75) is 6.18 Å². The molecule has 3 heterocycles. The van der Waals surface area contributed by atoms with Crippen LogP contribution in [0.3, 0.4) is 0 Å². The van der Waals surface area contributed by atoms with Gasteiger partial charge in [-0.15, -0.1) is 0 Å². The Bertz CT molecular complexity index is 920. The second-order valence-electron chi connectivity index (χ2n) is 4.47. The van der Waals surface area contributed by atoms with E-state index in [0.29, 0.717) is 16.6 Å². The predicted octanol–water partition coefficient (Wildman–Crippen LogP) is 2.78. The number of anilines is 1. The van der Waals surface area contributed by atoms with E-state index in [4.69, 9.17) is 6.57 Å². The molecule has 2 N–H and O–H groups in total. The van der Waals surface area contributed by atoms with Crippen molar-refractivity contribution >= 4 is 22.9 Å². The molecule has 3 rings (SSSR count). The van der Waals surface area contributed by atoms with E-state index >= 15 is 0 Å². The largest absolute Gasteiger partial charge is 0.471 e. The molecule has 3 aromatic heterocycles. The minimum absolute atomic E-state index is 0.149. The number of hydrogen-bond donors (Lipinski definition) is 2. The zero-order chi connectivity index (χ0) is 16.6. The van der Waals surface area contributed by atoms with Crippen LogP contribution in [-0.2, 0) is 4.79 Å². The van der Waals surface area contributed by atoms with Gasteiger partial charge in [0.2, 0.25) is 5.69 Å². The summed E-state index contributed by atoms with van der Waals surface area (Å²) in [6.07, 6.45) is -0.768. The summed E-state index contributed by atoms with van der Waals surface area (Å²) in [5.41, 5.74) is 1.62. The number of nitrogens with zero attached hydrogens (tertiary/aromatic N) is 4. The molecule has 0 unspecified atom stereocenters. The molecule has 0 atom stereocenters. The number of nitrogens with one attached hydrogen (secondary N) is 2. The number of rotatable bonds is 2. The van der Waals surface area contributed by atoms with Gasteiger partial charge < -0.3 is 5.32 Å². The Morgan fingerprint density at radius 2 is 2.13 bits per heavy atom. The van der Waals surface area contributed by atoms with Gasteiger partial charge in [-0.1, -0.05) is 0 Å². The third kappa shape index (κ3) is 2.48. The third-order valence-electron chi connectivity index (χ3n) is 3.07. The number of fused-ring (bicyclic) bond motifs is 1. The summed E-state index contributed by atoms with van der Waals surface area (Å²) in [5, 5.41) is 12.1. The number of amides is 1. The molecule has 0 saturated carbocycles. The molecule has 0 radical (unpaired) electrons. The average molecular weight is 320 g/mol. The highest BCUT2D eigenvalue weighted by molar-refractivity contribution is 5.96. The molecule has 0 saturated heterocycles. The smallest absolute Gasteiger partial charge is 0.303 e. The average Bonchev–Trinajstić information content (AvgIpc) is 3.15. The van der Waals surface area contributed by atoms with Crippen molar-refractivity contribution in [3.63, 3.8) is 0 Å². The number of aromatic amines is 1. The first-order valence-electron chi connectivity index (χ1n) is 6.17. The predicted molar refractivity (Wildman–Crippen MR) is 73.7 cm³/mol. The Balaban J connectivity index is 2.15. The lowest BCUT2D eigenvalue weighted by Gasteiger charge is -2.09. The lowest BCUT2D eigenvalue weighted by molar-refractivity contribution is -0.167. The van der Waals surface area contributed by atoms with Gasteiger partial charge in [0.25, 0.3) is 0 Å². The molecule has 0 bridgehead atoms. The minimum Gasteiger partial charge on any atom is -0.303 e. The Labute approximate surface area is 126 Å². The van der Waals surface area contributed by atoms with Gasteiger partial charge in [-0.25, -0.2) is 9.36 Å². The van der Waals surface area contributed by atoms with Gasteiger partial charge in [0.05, 0.1) is 24.5 Å². The third-order valence-corrected chi connectivity index (χ3v) is 3.07. The number of halogens is 3. The van der Waals surface area contributed by atoms with Gasteiger partial charge in [0, 0.05) is 17.3 Å².